The zero-order valence-electron chi connectivity index (χ0n) is 13.2. The van der Waals surface area contributed by atoms with E-state index in [9.17, 15) is 4.21 Å². The first kappa shape index (κ1) is 19.3. The van der Waals surface area contributed by atoms with Crippen LogP contribution in [0.5, 0.6) is 5.88 Å². The van der Waals surface area contributed by atoms with Gasteiger partial charge in [0.15, 0.2) is 0 Å². The summed E-state index contributed by atoms with van der Waals surface area (Å²) in [6, 6.07) is 7.57. The molecule has 0 amide bonds. The Balaban J connectivity index is 1.75. The van der Waals surface area contributed by atoms with Crippen molar-refractivity contribution in [2.45, 2.75) is 13.3 Å². The summed E-state index contributed by atoms with van der Waals surface area (Å²) >= 11 is 10.4. The molecule has 2 aromatic rings. The minimum absolute atomic E-state index is 0.0869. The largest absolute Gasteiger partial charge is 0.478 e. The van der Waals surface area contributed by atoms with Gasteiger partial charge in [-0.05, 0) is 31.5 Å². The molecule has 1 aromatic heterocycles. The highest BCUT2D eigenvalue weighted by Crippen LogP contribution is 2.27. The van der Waals surface area contributed by atoms with Gasteiger partial charge in [-0.2, -0.15) is 4.21 Å². The maximum absolute atomic E-state index is 10.7. The first-order chi connectivity index (χ1) is 11.4. The quantitative estimate of drug-likeness (QED) is 0.637. The van der Waals surface area contributed by atoms with Crippen molar-refractivity contribution in [1.82, 2.24) is 10.3 Å². The zero-order valence-corrected chi connectivity index (χ0v) is 15.5. The van der Waals surface area contributed by atoms with Gasteiger partial charge in [-0.3, -0.25) is 8.74 Å². The molecule has 0 fully saturated rings. The number of aryl methyl sites for hydroxylation is 1. The van der Waals surface area contributed by atoms with Crippen LogP contribution in [0.1, 0.15) is 12.0 Å². The van der Waals surface area contributed by atoms with E-state index in [4.69, 9.17) is 20.9 Å². The number of aromatic nitrogens is 1. The van der Waals surface area contributed by atoms with Crippen molar-refractivity contribution in [2.75, 3.05) is 26.3 Å². The lowest BCUT2D eigenvalue weighted by atomic mass is 10.1. The number of fused-ring (bicyclic) bond motifs is 1. The average molecular weight is 391 g/mol. The van der Waals surface area contributed by atoms with E-state index in [-0.39, 0.29) is 6.61 Å². The molecule has 2 N–H and O–H groups in total. The third-order valence-corrected chi connectivity index (χ3v) is 4.29. The molecule has 0 saturated carbocycles. The van der Waals surface area contributed by atoms with Crippen LogP contribution in [0.15, 0.2) is 24.3 Å². The van der Waals surface area contributed by atoms with Crippen molar-refractivity contribution >= 4 is 42.7 Å². The van der Waals surface area contributed by atoms with Crippen molar-refractivity contribution < 1.29 is 17.7 Å². The maximum Gasteiger partial charge on any atom is 0.266 e. The third-order valence-electron chi connectivity index (χ3n) is 3.23. The van der Waals surface area contributed by atoms with E-state index in [0.29, 0.717) is 30.6 Å². The number of halogens is 1. The molecule has 0 saturated heterocycles. The summed E-state index contributed by atoms with van der Waals surface area (Å²) in [6.45, 7) is 3.70. The number of para-hydroxylation sites is 1. The molecule has 0 radical (unpaired) electrons. The van der Waals surface area contributed by atoms with Crippen LogP contribution in [0.25, 0.3) is 10.9 Å². The van der Waals surface area contributed by atoms with E-state index in [1.807, 2.05) is 25.1 Å². The van der Waals surface area contributed by atoms with Gasteiger partial charge in [-0.25, -0.2) is 4.98 Å². The molecule has 1 aromatic carbocycles. The fourth-order valence-corrected chi connectivity index (χ4v) is 2.86. The second kappa shape index (κ2) is 8.89. The van der Waals surface area contributed by atoms with Gasteiger partial charge in [0.2, 0.25) is 5.88 Å². The summed E-state index contributed by atoms with van der Waals surface area (Å²) < 4.78 is 29.7. The Morgan fingerprint density at radius 3 is 2.92 bits per heavy atom. The Kier molecular flexibility index (Phi) is 7.15. The molecule has 9 heteroatoms. The Hall–Kier alpha value is -1.03. The molecule has 0 aliphatic rings. The lowest BCUT2D eigenvalue weighted by Gasteiger charge is -2.10. The van der Waals surface area contributed by atoms with Crippen LogP contribution in [0, 0.1) is 6.92 Å². The maximum atomic E-state index is 10.7. The smallest absolute Gasteiger partial charge is 0.266 e. The van der Waals surface area contributed by atoms with E-state index >= 15 is 0 Å². The number of nitrogens with zero attached hydrogens (tertiary/aromatic N) is 1. The number of nitrogens with one attached hydrogen (secondary N) is 1. The summed E-state index contributed by atoms with van der Waals surface area (Å²) in [5.41, 5.74) is 1.80. The highest BCUT2D eigenvalue weighted by atomic mass is 35.5. The Bertz CT molecular complexity index is 799. The van der Waals surface area contributed by atoms with E-state index in [1.54, 1.807) is 6.07 Å². The Morgan fingerprint density at radius 1 is 1.38 bits per heavy atom. The molecule has 0 spiro atoms. The first-order valence-corrected chi connectivity index (χ1v) is 10.1. The molecule has 6 nitrogen and oxygen atoms in total. The summed E-state index contributed by atoms with van der Waals surface area (Å²) in [5.74, 6) is 0.544. The molecule has 0 aliphatic carbocycles. The molecule has 0 bridgehead atoms. The van der Waals surface area contributed by atoms with Gasteiger partial charge in [-0.15, -0.1) is 0 Å². The van der Waals surface area contributed by atoms with Gasteiger partial charge in [0.25, 0.3) is 9.05 Å². The fraction of sp³-hybridized carbons (Fsp3) is 0.400. The van der Waals surface area contributed by atoms with Crippen LogP contribution in [0.3, 0.4) is 0 Å². The van der Waals surface area contributed by atoms with Crippen molar-refractivity contribution in [2.24, 2.45) is 0 Å². The molecular weight excluding hydrogens is 372 g/mol. The van der Waals surface area contributed by atoms with Gasteiger partial charge >= 0.3 is 0 Å². The average Bonchev–Trinajstić information content (AvgIpc) is 2.50. The van der Waals surface area contributed by atoms with Crippen LogP contribution >= 0.6 is 11.6 Å². The third kappa shape index (κ3) is 6.12. The molecule has 2 rings (SSSR count). The zero-order chi connectivity index (χ0) is 17.6. The molecule has 0 aliphatic heterocycles. The second-order valence-electron chi connectivity index (χ2n) is 5.12. The first-order valence-electron chi connectivity index (χ1n) is 7.38. The van der Waals surface area contributed by atoms with E-state index < -0.39 is 9.05 Å². The Morgan fingerprint density at radius 2 is 2.17 bits per heavy atom. The van der Waals surface area contributed by atoms with Gasteiger partial charge < -0.3 is 10.1 Å². The van der Waals surface area contributed by atoms with E-state index in [0.717, 1.165) is 22.9 Å². The van der Waals surface area contributed by atoms with Crippen LogP contribution in [0.2, 0.25) is 5.02 Å². The number of hydrogen-bond donors (Lipinski definition) is 2. The van der Waals surface area contributed by atoms with E-state index in [1.165, 1.54) is 0 Å². The van der Waals surface area contributed by atoms with Crippen LogP contribution < -0.4 is 10.1 Å². The molecular formula is C15H19ClN2O4S2. The summed E-state index contributed by atoms with van der Waals surface area (Å²) in [5, 5.41) is 4.68. The van der Waals surface area contributed by atoms with Gasteiger partial charge in [0, 0.05) is 29.2 Å². The van der Waals surface area contributed by atoms with Crippen molar-refractivity contribution in [3.05, 3.63) is 34.9 Å². The number of ether oxygens (including phenoxy) is 1. The van der Waals surface area contributed by atoms with Crippen molar-refractivity contribution in [1.29, 1.82) is 0 Å². The summed E-state index contributed by atoms with van der Waals surface area (Å²) in [6.07, 6.45) is 0.754. The van der Waals surface area contributed by atoms with Crippen molar-refractivity contribution in [3.63, 3.8) is 0 Å². The van der Waals surface area contributed by atoms with Crippen molar-refractivity contribution in [3.8, 4) is 5.88 Å². The minimum atomic E-state index is -3.53. The number of rotatable bonds is 9. The molecule has 1 atom stereocenters. The molecule has 1 heterocycles. The van der Waals surface area contributed by atoms with Crippen LogP contribution in [0.4, 0.5) is 0 Å². The molecule has 1 unspecified atom stereocenters. The highest BCUT2D eigenvalue weighted by molar-refractivity contribution is 8.27. The number of pyridine rings is 1. The van der Waals surface area contributed by atoms with Gasteiger partial charge in [0.05, 0.1) is 23.8 Å². The monoisotopic (exact) mass is 390 g/mol. The lowest BCUT2D eigenvalue weighted by molar-refractivity contribution is 0.285. The SMILES string of the molecule is Cc1cc(OCCCNCCOS(=O)(O)=S)nc2c(Cl)cccc12. The standard InChI is InChI=1S/C15H19ClN2O4S2/c1-11-10-14(18-15-12(11)4-2-5-13(15)16)21-8-3-6-17-7-9-22-24(19,20)23/h2,4-5,10,17H,3,6-9H2,1H3,(H,19,20,23). The summed E-state index contributed by atoms with van der Waals surface area (Å²) in [4.78, 5) is 4.44. The van der Waals surface area contributed by atoms with Crippen LogP contribution in [-0.2, 0) is 24.4 Å². The second-order valence-corrected chi connectivity index (χ2v) is 7.88. The fourth-order valence-electron chi connectivity index (χ4n) is 2.14. The minimum Gasteiger partial charge on any atom is -0.478 e. The number of hydrogen-bond acceptors (Lipinski definition) is 6. The predicted octanol–water partition coefficient (Wildman–Crippen LogP) is 2.71. The molecule has 24 heavy (non-hydrogen) atoms. The van der Waals surface area contributed by atoms with Crippen LogP contribution in [-0.4, -0.2) is 40.0 Å². The van der Waals surface area contributed by atoms with E-state index in [2.05, 4.69) is 25.7 Å². The summed E-state index contributed by atoms with van der Waals surface area (Å²) in [7, 11) is -3.53. The lowest BCUT2D eigenvalue weighted by Crippen LogP contribution is -2.23. The topological polar surface area (TPSA) is 80.7 Å². The predicted molar refractivity (Wildman–Crippen MR) is 98.6 cm³/mol. The molecule has 132 valence electrons. The van der Waals surface area contributed by atoms with Gasteiger partial charge in [0.1, 0.15) is 0 Å². The van der Waals surface area contributed by atoms with Gasteiger partial charge in [-0.1, -0.05) is 23.7 Å². The highest BCUT2D eigenvalue weighted by Gasteiger charge is 2.06. The Labute approximate surface area is 151 Å². The normalized spacial score (nSPS) is 13.8. The number of benzene rings is 1.